The van der Waals surface area contributed by atoms with Crippen molar-refractivity contribution < 1.29 is 9.16 Å². The summed E-state index contributed by atoms with van der Waals surface area (Å²) in [5, 5.41) is 0. The molecular weight excluding hydrogens is 453 g/mol. The zero-order valence-electron chi connectivity index (χ0n) is 20.5. The Hall–Kier alpha value is -1.77. The Morgan fingerprint density at radius 2 is 1.81 bits per heavy atom. The van der Waals surface area contributed by atoms with Gasteiger partial charge in [-0.05, 0) is 36.3 Å². The molecule has 2 aromatic rings. The first-order chi connectivity index (χ1) is 14.8. The second kappa shape index (κ2) is 10.9. The maximum atomic E-state index is 12.9. The molecule has 174 valence electrons. The van der Waals surface area contributed by atoms with Gasteiger partial charge in [0.1, 0.15) is 20.4 Å². The molecule has 1 aromatic heterocycles. The largest absolute Gasteiger partial charge is 0.415 e. The molecule has 2 rings (SSSR count). The van der Waals surface area contributed by atoms with E-state index in [0.29, 0.717) is 22.6 Å². The van der Waals surface area contributed by atoms with Gasteiger partial charge in [0.2, 0.25) is 0 Å². The molecule has 0 radical (unpaired) electrons. The Balaban J connectivity index is 2.51. The summed E-state index contributed by atoms with van der Waals surface area (Å²) in [5.74, 6) is 3.16. The van der Waals surface area contributed by atoms with Gasteiger partial charge in [0.25, 0.3) is 5.56 Å². The van der Waals surface area contributed by atoms with Crippen molar-refractivity contribution in [1.82, 2.24) is 9.55 Å². The molecule has 1 unspecified atom stereocenters. The standard InChI is InChI=1S/C24H36N2O3SSi2/c1-24(2,3)20(29-31(4)5)16-28-17-26-21(18-12-10-9-11-13-18)19(14-15-32(6,7)8)22(27)25-23(26)30/h9-13,20,31H,16-17H2,1-8H3,(H,25,27,30). The van der Waals surface area contributed by atoms with Gasteiger partial charge in [-0.2, -0.15) is 0 Å². The summed E-state index contributed by atoms with van der Waals surface area (Å²) in [6.07, 6.45) is -0.0163. The lowest BCUT2D eigenvalue weighted by Crippen LogP contribution is -2.37. The molecule has 1 aromatic carbocycles. The van der Waals surface area contributed by atoms with Crippen LogP contribution in [0.4, 0.5) is 0 Å². The Kier molecular flexibility index (Phi) is 9.02. The predicted octanol–water partition coefficient (Wildman–Crippen LogP) is 5.19. The highest BCUT2D eigenvalue weighted by atomic mass is 32.1. The molecule has 1 N–H and O–H groups in total. The highest BCUT2D eigenvalue weighted by Crippen LogP contribution is 2.25. The van der Waals surface area contributed by atoms with E-state index in [0.717, 1.165) is 5.56 Å². The van der Waals surface area contributed by atoms with Crippen molar-refractivity contribution in [2.45, 2.75) is 66.3 Å². The van der Waals surface area contributed by atoms with Crippen LogP contribution in [0.5, 0.6) is 0 Å². The predicted molar refractivity (Wildman–Crippen MR) is 141 cm³/mol. The number of aromatic amines is 1. The van der Waals surface area contributed by atoms with Gasteiger partial charge in [-0.15, -0.1) is 5.54 Å². The number of H-pyrrole nitrogens is 1. The lowest BCUT2D eigenvalue weighted by Gasteiger charge is -2.32. The molecule has 0 aliphatic heterocycles. The maximum absolute atomic E-state index is 12.9. The summed E-state index contributed by atoms with van der Waals surface area (Å²) >= 11 is 5.53. The third kappa shape index (κ3) is 7.68. The Bertz CT molecular complexity index is 1090. The smallest absolute Gasteiger partial charge is 0.268 e. The number of ether oxygens (including phenoxy) is 1. The van der Waals surface area contributed by atoms with Crippen LogP contribution in [0.15, 0.2) is 35.1 Å². The lowest BCUT2D eigenvalue weighted by atomic mass is 9.90. The first-order valence-electron chi connectivity index (χ1n) is 11.0. The average Bonchev–Trinajstić information content (AvgIpc) is 2.66. The van der Waals surface area contributed by atoms with E-state index in [1.165, 1.54) is 0 Å². The summed E-state index contributed by atoms with van der Waals surface area (Å²) in [7, 11) is -2.91. The SMILES string of the molecule is C[SiH](C)OC(COCn1c(-c2ccccc2)c(C#C[Si](C)(C)C)c(=O)[nH]c1=S)C(C)(C)C. The van der Waals surface area contributed by atoms with Gasteiger partial charge in [0.15, 0.2) is 13.8 Å². The van der Waals surface area contributed by atoms with Crippen molar-refractivity contribution in [2.24, 2.45) is 5.41 Å². The monoisotopic (exact) mass is 488 g/mol. The van der Waals surface area contributed by atoms with Gasteiger partial charge in [-0.1, -0.05) is 76.7 Å². The minimum atomic E-state index is -1.69. The van der Waals surface area contributed by atoms with Gasteiger partial charge >= 0.3 is 0 Å². The molecule has 0 spiro atoms. The number of nitrogens with one attached hydrogen (secondary N) is 1. The van der Waals surface area contributed by atoms with Crippen LogP contribution in [0, 0.1) is 21.7 Å². The maximum Gasteiger partial charge on any atom is 0.268 e. The van der Waals surface area contributed by atoms with E-state index in [2.05, 4.69) is 70.0 Å². The fraction of sp³-hybridized carbons (Fsp3) is 0.500. The van der Waals surface area contributed by atoms with E-state index in [1.54, 1.807) is 0 Å². The number of aromatic nitrogens is 2. The van der Waals surface area contributed by atoms with E-state index in [-0.39, 0.29) is 23.8 Å². The highest BCUT2D eigenvalue weighted by molar-refractivity contribution is 7.71. The van der Waals surface area contributed by atoms with Crippen LogP contribution in [-0.4, -0.2) is 39.4 Å². The van der Waals surface area contributed by atoms with Gasteiger partial charge in [0.05, 0.1) is 18.4 Å². The van der Waals surface area contributed by atoms with Crippen molar-refractivity contribution in [2.75, 3.05) is 6.61 Å². The Morgan fingerprint density at radius 3 is 2.34 bits per heavy atom. The number of hydrogen-bond donors (Lipinski definition) is 1. The van der Waals surface area contributed by atoms with Crippen molar-refractivity contribution in [3.8, 4) is 22.7 Å². The fourth-order valence-corrected chi connectivity index (χ4v) is 4.91. The van der Waals surface area contributed by atoms with Crippen LogP contribution < -0.4 is 5.56 Å². The van der Waals surface area contributed by atoms with Gasteiger partial charge < -0.3 is 9.16 Å². The second-order valence-corrected chi connectivity index (χ2v) is 17.8. The van der Waals surface area contributed by atoms with Crippen LogP contribution in [0.1, 0.15) is 26.3 Å². The van der Waals surface area contributed by atoms with Crippen LogP contribution in [0.3, 0.4) is 0 Å². The normalized spacial score (nSPS) is 13.0. The lowest BCUT2D eigenvalue weighted by molar-refractivity contribution is -0.0284. The number of nitrogens with zero attached hydrogens (tertiary/aromatic N) is 1. The fourth-order valence-electron chi connectivity index (χ4n) is 3.03. The molecule has 1 atom stereocenters. The molecule has 0 aliphatic carbocycles. The molecule has 5 nitrogen and oxygen atoms in total. The number of benzene rings is 1. The summed E-state index contributed by atoms with van der Waals surface area (Å²) in [6.45, 7) is 17.9. The van der Waals surface area contributed by atoms with Gasteiger partial charge in [-0.25, -0.2) is 0 Å². The van der Waals surface area contributed by atoms with Gasteiger partial charge in [0, 0.05) is 0 Å². The van der Waals surface area contributed by atoms with Crippen LogP contribution >= 0.6 is 12.2 Å². The minimum Gasteiger partial charge on any atom is -0.415 e. The molecule has 0 aliphatic rings. The first kappa shape index (κ1) is 26.5. The van der Waals surface area contributed by atoms with E-state index < -0.39 is 17.1 Å². The van der Waals surface area contributed by atoms with E-state index in [1.807, 2.05) is 34.9 Å². The highest BCUT2D eigenvalue weighted by Gasteiger charge is 2.26. The van der Waals surface area contributed by atoms with Crippen molar-refractivity contribution in [1.29, 1.82) is 0 Å². The summed E-state index contributed by atoms with van der Waals surface area (Å²) in [6, 6.07) is 9.76. The molecule has 0 saturated carbocycles. The van der Waals surface area contributed by atoms with Crippen molar-refractivity contribution in [3.63, 3.8) is 0 Å². The van der Waals surface area contributed by atoms with Crippen LogP contribution in [0.2, 0.25) is 32.7 Å². The molecule has 32 heavy (non-hydrogen) atoms. The Labute approximate surface area is 199 Å². The van der Waals surface area contributed by atoms with E-state index in [9.17, 15) is 4.79 Å². The zero-order chi connectivity index (χ0) is 24.1. The third-order valence-corrected chi connectivity index (χ3v) is 6.77. The molecule has 0 saturated heterocycles. The Morgan fingerprint density at radius 1 is 1.19 bits per heavy atom. The zero-order valence-corrected chi connectivity index (χ0v) is 23.5. The third-order valence-electron chi connectivity index (χ3n) is 4.70. The first-order valence-corrected chi connectivity index (χ1v) is 17.7. The number of hydrogen-bond acceptors (Lipinski definition) is 4. The average molecular weight is 489 g/mol. The topological polar surface area (TPSA) is 56.2 Å². The molecule has 0 bridgehead atoms. The van der Waals surface area contributed by atoms with Crippen molar-refractivity contribution in [3.05, 3.63) is 51.0 Å². The number of rotatable bonds is 7. The van der Waals surface area contributed by atoms with E-state index in [4.69, 9.17) is 21.4 Å². The summed E-state index contributed by atoms with van der Waals surface area (Å²) in [5.41, 5.74) is 5.01. The minimum absolute atomic E-state index is 0.0163. The van der Waals surface area contributed by atoms with Crippen LogP contribution in [0.25, 0.3) is 11.3 Å². The van der Waals surface area contributed by atoms with Crippen molar-refractivity contribution >= 4 is 29.3 Å². The quantitative estimate of drug-likeness (QED) is 0.331. The molecule has 1 heterocycles. The van der Waals surface area contributed by atoms with Gasteiger partial charge in [-0.3, -0.25) is 14.3 Å². The summed E-state index contributed by atoms with van der Waals surface area (Å²) < 4.78 is 14.5. The molecule has 0 amide bonds. The molecule has 0 fully saturated rings. The molecule has 8 heteroatoms. The molecular formula is C24H36N2O3SSi2. The van der Waals surface area contributed by atoms with Crippen LogP contribution in [-0.2, 0) is 15.9 Å². The summed E-state index contributed by atoms with van der Waals surface area (Å²) in [4.78, 5) is 15.6. The second-order valence-electron chi connectivity index (χ2n) is 10.3. The van der Waals surface area contributed by atoms with E-state index >= 15 is 0 Å².